The van der Waals surface area contributed by atoms with Crippen LogP contribution >= 0.6 is 11.6 Å². The van der Waals surface area contributed by atoms with Gasteiger partial charge in [-0.1, -0.05) is 18.5 Å². The second kappa shape index (κ2) is 8.93. The highest BCUT2D eigenvalue weighted by molar-refractivity contribution is 6.30. The summed E-state index contributed by atoms with van der Waals surface area (Å²) >= 11 is 5.96. The minimum absolute atomic E-state index is 0.278. The summed E-state index contributed by atoms with van der Waals surface area (Å²) in [6.07, 6.45) is 3.81. The Balaban J connectivity index is 1.90. The number of carbonyl (C=O) groups excluding carboxylic acids is 1. The van der Waals surface area contributed by atoms with E-state index < -0.39 is 17.7 Å². The van der Waals surface area contributed by atoms with Crippen molar-refractivity contribution in [1.82, 2.24) is 24.9 Å². The molecule has 0 saturated carbocycles. The van der Waals surface area contributed by atoms with Gasteiger partial charge in [0.15, 0.2) is 5.65 Å². The SMILES string of the molecule is CCCNc1cc(-c2cnc3cc(Cl)cnn23)ncc1C(=O)NCC(F)C(C)(C)O. The van der Waals surface area contributed by atoms with Gasteiger partial charge in [-0.2, -0.15) is 5.10 Å². The molecule has 0 bridgehead atoms. The van der Waals surface area contributed by atoms with Gasteiger partial charge in [0, 0.05) is 18.8 Å². The highest BCUT2D eigenvalue weighted by Gasteiger charge is 2.27. The van der Waals surface area contributed by atoms with Crippen LogP contribution in [0.4, 0.5) is 10.1 Å². The van der Waals surface area contributed by atoms with Crippen molar-refractivity contribution >= 4 is 28.8 Å². The maximum absolute atomic E-state index is 14.0. The second-order valence-corrected chi connectivity index (χ2v) is 7.90. The summed E-state index contributed by atoms with van der Waals surface area (Å²) in [6.45, 7) is 5.04. The first-order valence-corrected chi connectivity index (χ1v) is 9.96. The number of aliphatic hydroxyl groups is 1. The lowest BCUT2D eigenvalue weighted by Crippen LogP contribution is -2.42. The molecule has 0 saturated heterocycles. The summed E-state index contributed by atoms with van der Waals surface area (Å²) in [5.41, 5.74) is 1.07. The maximum atomic E-state index is 14.0. The molecule has 3 aromatic rings. The van der Waals surface area contributed by atoms with Gasteiger partial charge in [-0.25, -0.2) is 13.9 Å². The number of amides is 1. The molecule has 3 rings (SSSR count). The number of imidazole rings is 1. The van der Waals surface area contributed by atoms with Crippen LogP contribution in [-0.2, 0) is 0 Å². The quantitative estimate of drug-likeness (QED) is 0.503. The van der Waals surface area contributed by atoms with Gasteiger partial charge < -0.3 is 15.7 Å². The number of hydrogen-bond donors (Lipinski definition) is 3. The van der Waals surface area contributed by atoms with Gasteiger partial charge in [-0.3, -0.25) is 9.78 Å². The Morgan fingerprint density at radius 3 is 2.77 bits per heavy atom. The van der Waals surface area contributed by atoms with Crippen molar-refractivity contribution in [2.45, 2.75) is 39.0 Å². The predicted octanol–water partition coefficient (Wildman–Crippen LogP) is 3.11. The third-order valence-corrected chi connectivity index (χ3v) is 4.72. The van der Waals surface area contributed by atoms with Crippen molar-refractivity contribution in [2.75, 3.05) is 18.4 Å². The lowest BCUT2D eigenvalue weighted by Gasteiger charge is -2.22. The molecule has 30 heavy (non-hydrogen) atoms. The third kappa shape index (κ3) is 4.85. The molecule has 0 aliphatic heterocycles. The van der Waals surface area contributed by atoms with Crippen LogP contribution in [0.3, 0.4) is 0 Å². The number of halogens is 2. The Kier molecular flexibility index (Phi) is 6.52. The first kappa shape index (κ1) is 21.9. The van der Waals surface area contributed by atoms with Crippen molar-refractivity contribution in [3.8, 4) is 11.4 Å². The number of alkyl halides is 1. The van der Waals surface area contributed by atoms with E-state index in [1.165, 1.54) is 26.2 Å². The smallest absolute Gasteiger partial charge is 0.255 e. The van der Waals surface area contributed by atoms with E-state index in [0.29, 0.717) is 34.3 Å². The molecule has 3 aromatic heterocycles. The summed E-state index contributed by atoms with van der Waals surface area (Å²) in [4.78, 5) is 21.3. The van der Waals surface area contributed by atoms with E-state index in [2.05, 4.69) is 25.7 Å². The fraction of sp³-hybridized carbons (Fsp3) is 0.400. The normalized spacial score (nSPS) is 12.7. The molecule has 3 heterocycles. The van der Waals surface area contributed by atoms with Crippen LogP contribution in [0.15, 0.2) is 30.7 Å². The molecule has 1 amide bonds. The highest BCUT2D eigenvalue weighted by Crippen LogP contribution is 2.25. The number of fused-ring (bicyclic) bond motifs is 1. The number of hydrogen-bond acceptors (Lipinski definition) is 6. The summed E-state index contributed by atoms with van der Waals surface area (Å²) in [7, 11) is 0. The number of anilines is 1. The Labute approximate surface area is 178 Å². The minimum Gasteiger partial charge on any atom is -0.387 e. The van der Waals surface area contributed by atoms with E-state index in [4.69, 9.17) is 11.6 Å². The number of rotatable bonds is 8. The predicted molar refractivity (Wildman–Crippen MR) is 114 cm³/mol. The number of aromatic nitrogens is 4. The molecule has 1 atom stereocenters. The molecule has 0 aliphatic carbocycles. The molecule has 160 valence electrons. The summed E-state index contributed by atoms with van der Waals surface area (Å²) in [6, 6.07) is 3.42. The van der Waals surface area contributed by atoms with Crippen LogP contribution in [0, 0.1) is 0 Å². The second-order valence-electron chi connectivity index (χ2n) is 7.46. The zero-order valence-corrected chi connectivity index (χ0v) is 17.7. The molecule has 10 heteroatoms. The number of nitrogens with zero attached hydrogens (tertiary/aromatic N) is 4. The van der Waals surface area contributed by atoms with E-state index >= 15 is 0 Å². The van der Waals surface area contributed by atoms with Crippen LogP contribution in [0.5, 0.6) is 0 Å². The van der Waals surface area contributed by atoms with Crippen LogP contribution in [0.2, 0.25) is 5.02 Å². The summed E-state index contributed by atoms with van der Waals surface area (Å²) < 4.78 is 15.6. The third-order valence-electron chi connectivity index (χ3n) is 4.51. The van der Waals surface area contributed by atoms with Crippen molar-refractivity contribution in [3.05, 3.63) is 41.3 Å². The zero-order chi connectivity index (χ0) is 21.9. The largest absolute Gasteiger partial charge is 0.387 e. The van der Waals surface area contributed by atoms with Gasteiger partial charge in [0.1, 0.15) is 11.9 Å². The zero-order valence-electron chi connectivity index (χ0n) is 17.0. The summed E-state index contributed by atoms with van der Waals surface area (Å²) in [5.74, 6) is -0.484. The first-order valence-electron chi connectivity index (χ1n) is 9.59. The Bertz CT molecular complexity index is 1050. The van der Waals surface area contributed by atoms with Gasteiger partial charge in [0.2, 0.25) is 0 Å². The fourth-order valence-corrected chi connectivity index (χ4v) is 2.88. The molecular weight excluding hydrogens is 411 g/mol. The molecular formula is C20H24ClFN6O2. The van der Waals surface area contributed by atoms with Crippen molar-refractivity contribution in [3.63, 3.8) is 0 Å². The van der Waals surface area contributed by atoms with Crippen LogP contribution in [0.1, 0.15) is 37.6 Å². The van der Waals surface area contributed by atoms with E-state index in [-0.39, 0.29) is 12.1 Å². The van der Waals surface area contributed by atoms with Crippen LogP contribution in [0.25, 0.3) is 17.0 Å². The lowest BCUT2D eigenvalue weighted by atomic mass is 10.0. The average Bonchev–Trinajstić information content (AvgIpc) is 3.12. The average molecular weight is 435 g/mol. The van der Waals surface area contributed by atoms with Crippen LogP contribution < -0.4 is 10.6 Å². The van der Waals surface area contributed by atoms with Crippen LogP contribution in [-0.4, -0.2) is 55.5 Å². The van der Waals surface area contributed by atoms with Crippen molar-refractivity contribution in [2.24, 2.45) is 0 Å². The highest BCUT2D eigenvalue weighted by atomic mass is 35.5. The van der Waals surface area contributed by atoms with Crippen molar-refractivity contribution < 1.29 is 14.3 Å². The topological polar surface area (TPSA) is 104 Å². The Morgan fingerprint density at radius 2 is 2.07 bits per heavy atom. The molecule has 1 unspecified atom stereocenters. The van der Waals surface area contributed by atoms with E-state index in [9.17, 15) is 14.3 Å². The first-order chi connectivity index (χ1) is 14.2. The molecule has 0 aromatic carbocycles. The van der Waals surface area contributed by atoms with E-state index in [1.807, 2.05) is 6.92 Å². The van der Waals surface area contributed by atoms with Gasteiger partial charge in [0.05, 0.1) is 46.5 Å². The maximum Gasteiger partial charge on any atom is 0.255 e. The molecule has 0 radical (unpaired) electrons. The molecule has 0 aliphatic rings. The standard InChI is InChI=1S/C20H24ClFN6O2/c1-4-5-23-14-7-15(16-10-25-18-6-12(21)8-27-28(16)18)24-9-13(14)19(29)26-11-17(22)20(2,3)30/h6-10,17,30H,4-5,11H2,1-3H3,(H,23,24)(H,26,29). The van der Waals surface area contributed by atoms with E-state index in [1.54, 1.807) is 22.8 Å². The monoisotopic (exact) mass is 434 g/mol. The van der Waals surface area contributed by atoms with Crippen molar-refractivity contribution in [1.29, 1.82) is 0 Å². The van der Waals surface area contributed by atoms with Gasteiger partial charge in [-0.15, -0.1) is 0 Å². The molecule has 8 nitrogen and oxygen atoms in total. The van der Waals surface area contributed by atoms with E-state index in [0.717, 1.165) is 6.42 Å². The fourth-order valence-electron chi connectivity index (χ4n) is 2.74. The molecule has 0 spiro atoms. The van der Waals surface area contributed by atoms with Gasteiger partial charge >= 0.3 is 0 Å². The lowest BCUT2D eigenvalue weighted by molar-refractivity contribution is -0.00177. The number of pyridine rings is 1. The Hall–Kier alpha value is -2.78. The Morgan fingerprint density at radius 1 is 1.30 bits per heavy atom. The number of nitrogens with one attached hydrogen (secondary N) is 2. The molecule has 3 N–H and O–H groups in total. The van der Waals surface area contributed by atoms with Gasteiger partial charge in [-0.05, 0) is 26.3 Å². The molecule has 0 fully saturated rings. The summed E-state index contributed by atoms with van der Waals surface area (Å²) in [5, 5.41) is 20.2. The number of carbonyl (C=O) groups is 1. The minimum atomic E-state index is -1.60. The van der Waals surface area contributed by atoms with Gasteiger partial charge in [0.25, 0.3) is 5.91 Å².